The number of ether oxygens (including phenoxy) is 2. The van der Waals surface area contributed by atoms with Crippen LogP contribution in [0.4, 0.5) is 4.79 Å². The number of hydrogen-bond donors (Lipinski definition) is 2. The maximum Gasteiger partial charge on any atom is 0.317 e. The molecule has 106 valence electrons. The van der Waals surface area contributed by atoms with E-state index in [1.165, 1.54) is 12.0 Å². The molecule has 0 bridgehead atoms. The number of nitrogens with one attached hydrogen (secondary N) is 1. The molecular weight excluding hydrogens is 254 g/mol. The Morgan fingerprint density at radius 2 is 2.42 bits per heavy atom. The summed E-state index contributed by atoms with van der Waals surface area (Å²) in [4.78, 5) is 23.8. The molecule has 0 saturated carbocycles. The summed E-state index contributed by atoms with van der Waals surface area (Å²) in [6, 6.07) is 1.59. The van der Waals surface area contributed by atoms with Crippen LogP contribution in [-0.4, -0.2) is 67.6 Å². The van der Waals surface area contributed by atoms with E-state index < -0.39 is 18.2 Å². The standard InChI is InChI=1S/C11H17N3O5/c1-18-8(4-10(15)16)6-13-11(17)14-2-3-19-9(5-12)7-14/h8-9H,2-4,6-7H2,1H3,(H,13,17)(H,15,16). The summed E-state index contributed by atoms with van der Waals surface area (Å²) >= 11 is 0. The second-order valence-electron chi connectivity index (χ2n) is 4.08. The number of nitriles is 1. The first-order valence-electron chi connectivity index (χ1n) is 5.85. The number of amides is 2. The van der Waals surface area contributed by atoms with Crippen LogP contribution in [0, 0.1) is 11.3 Å². The fraction of sp³-hybridized carbons (Fsp3) is 0.727. The van der Waals surface area contributed by atoms with E-state index >= 15 is 0 Å². The number of hydrogen-bond acceptors (Lipinski definition) is 5. The zero-order valence-electron chi connectivity index (χ0n) is 10.7. The van der Waals surface area contributed by atoms with Crippen molar-refractivity contribution in [2.24, 2.45) is 0 Å². The number of morpholine rings is 1. The van der Waals surface area contributed by atoms with Crippen LogP contribution in [0.2, 0.25) is 0 Å². The third-order valence-electron chi connectivity index (χ3n) is 2.71. The van der Waals surface area contributed by atoms with E-state index in [1.807, 2.05) is 6.07 Å². The third kappa shape index (κ3) is 5.11. The van der Waals surface area contributed by atoms with Crippen molar-refractivity contribution in [1.29, 1.82) is 5.26 Å². The van der Waals surface area contributed by atoms with E-state index in [4.69, 9.17) is 19.8 Å². The molecule has 0 aliphatic carbocycles. The van der Waals surface area contributed by atoms with Crippen molar-refractivity contribution in [2.75, 3.05) is 33.4 Å². The maximum absolute atomic E-state index is 11.8. The minimum atomic E-state index is -0.989. The van der Waals surface area contributed by atoms with Gasteiger partial charge in [-0.05, 0) is 0 Å². The quantitative estimate of drug-likeness (QED) is 0.691. The molecule has 8 heteroatoms. The summed E-state index contributed by atoms with van der Waals surface area (Å²) in [6.45, 7) is 1.03. The normalized spacial score (nSPS) is 20.4. The second kappa shape index (κ2) is 7.56. The number of carboxylic acids is 1. The Balaban J connectivity index is 2.37. The topological polar surface area (TPSA) is 112 Å². The van der Waals surface area contributed by atoms with Gasteiger partial charge in [-0.1, -0.05) is 0 Å². The van der Waals surface area contributed by atoms with Gasteiger partial charge in [0, 0.05) is 20.2 Å². The minimum Gasteiger partial charge on any atom is -0.481 e. The molecule has 0 aromatic carbocycles. The zero-order chi connectivity index (χ0) is 14.3. The first-order valence-corrected chi connectivity index (χ1v) is 5.85. The molecule has 0 spiro atoms. The van der Waals surface area contributed by atoms with Gasteiger partial charge in [-0.15, -0.1) is 0 Å². The van der Waals surface area contributed by atoms with Crippen LogP contribution >= 0.6 is 0 Å². The number of carbonyl (C=O) groups is 2. The van der Waals surface area contributed by atoms with Gasteiger partial charge in [0.05, 0.1) is 31.7 Å². The second-order valence-corrected chi connectivity index (χ2v) is 4.08. The van der Waals surface area contributed by atoms with Gasteiger partial charge >= 0.3 is 12.0 Å². The lowest BCUT2D eigenvalue weighted by molar-refractivity contribution is -0.139. The van der Waals surface area contributed by atoms with Crippen molar-refractivity contribution in [2.45, 2.75) is 18.6 Å². The van der Waals surface area contributed by atoms with Gasteiger partial charge in [0.15, 0.2) is 6.10 Å². The Morgan fingerprint density at radius 3 is 3.00 bits per heavy atom. The summed E-state index contributed by atoms with van der Waals surface area (Å²) in [5, 5.41) is 20.0. The molecule has 1 aliphatic rings. The van der Waals surface area contributed by atoms with Crippen LogP contribution in [-0.2, 0) is 14.3 Å². The van der Waals surface area contributed by atoms with Gasteiger partial charge in [0.1, 0.15) is 0 Å². The van der Waals surface area contributed by atoms with Crippen molar-refractivity contribution < 1.29 is 24.2 Å². The lowest BCUT2D eigenvalue weighted by Crippen LogP contribution is -2.50. The molecule has 8 nitrogen and oxygen atoms in total. The fourth-order valence-electron chi connectivity index (χ4n) is 1.66. The van der Waals surface area contributed by atoms with Gasteiger partial charge < -0.3 is 24.8 Å². The lowest BCUT2D eigenvalue weighted by atomic mass is 10.2. The van der Waals surface area contributed by atoms with Gasteiger partial charge in [-0.25, -0.2) is 4.79 Å². The molecule has 2 unspecified atom stereocenters. The first kappa shape index (κ1) is 15.2. The molecule has 1 heterocycles. The molecule has 0 radical (unpaired) electrons. The van der Waals surface area contributed by atoms with Crippen molar-refractivity contribution in [3.05, 3.63) is 0 Å². The van der Waals surface area contributed by atoms with E-state index in [-0.39, 0.29) is 25.5 Å². The van der Waals surface area contributed by atoms with E-state index in [0.29, 0.717) is 13.2 Å². The number of methoxy groups -OCH3 is 1. The van der Waals surface area contributed by atoms with Crippen LogP contribution in [0.25, 0.3) is 0 Å². The highest BCUT2D eigenvalue weighted by Gasteiger charge is 2.24. The Labute approximate surface area is 110 Å². The Morgan fingerprint density at radius 1 is 1.68 bits per heavy atom. The molecule has 2 N–H and O–H groups in total. The Bertz CT molecular complexity index is 368. The predicted molar refractivity (Wildman–Crippen MR) is 63.4 cm³/mol. The van der Waals surface area contributed by atoms with E-state index in [0.717, 1.165) is 0 Å². The molecule has 1 saturated heterocycles. The van der Waals surface area contributed by atoms with Crippen molar-refractivity contribution in [3.63, 3.8) is 0 Å². The summed E-state index contributed by atoms with van der Waals surface area (Å²) in [5.74, 6) is -0.989. The van der Waals surface area contributed by atoms with Crippen LogP contribution < -0.4 is 5.32 Å². The minimum absolute atomic E-state index is 0.107. The number of urea groups is 1. The van der Waals surface area contributed by atoms with E-state index in [1.54, 1.807) is 0 Å². The smallest absolute Gasteiger partial charge is 0.317 e. The number of rotatable bonds is 5. The summed E-state index contributed by atoms with van der Waals surface area (Å²) in [6.07, 6.45) is -1.37. The zero-order valence-corrected chi connectivity index (χ0v) is 10.7. The average molecular weight is 271 g/mol. The molecule has 2 atom stereocenters. The van der Waals surface area contributed by atoms with Crippen molar-refractivity contribution >= 4 is 12.0 Å². The summed E-state index contributed by atoms with van der Waals surface area (Å²) in [7, 11) is 1.39. The highest BCUT2D eigenvalue weighted by Crippen LogP contribution is 2.04. The van der Waals surface area contributed by atoms with Crippen LogP contribution in [0.5, 0.6) is 0 Å². The van der Waals surface area contributed by atoms with E-state index in [2.05, 4.69) is 5.32 Å². The SMILES string of the molecule is COC(CNC(=O)N1CCOC(C#N)C1)CC(=O)O. The number of aliphatic carboxylic acids is 1. The molecule has 0 aromatic rings. The van der Waals surface area contributed by atoms with Gasteiger partial charge in [-0.2, -0.15) is 5.26 Å². The van der Waals surface area contributed by atoms with Gasteiger partial charge in [0.25, 0.3) is 0 Å². The fourth-order valence-corrected chi connectivity index (χ4v) is 1.66. The summed E-state index contributed by atoms with van der Waals surface area (Å²) < 4.78 is 10.1. The molecule has 19 heavy (non-hydrogen) atoms. The molecule has 1 fully saturated rings. The maximum atomic E-state index is 11.8. The van der Waals surface area contributed by atoms with E-state index in [9.17, 15) is 9.59 Å². The number of nitrogens with zero attached hydrogens (tertiary/aromatic N) is 2. The highest BCUT2D eigenvalue weighted by atomic mass is 16.5. The number of carbonyl (C=O) groups excluding carboxylic acids is 1. The van der Waals surface area contributed by atoms with Crippen LogP contribution in [0.15, 0.2) is 0 Å². The molecule has 0 aromatic heterocycles. The molecule has 1 rings (SSSR count). The van der Waals surface area contributed by atoms with Crippen LogP contribution in [0.1, 0.15) is 6.42 Å². The summed E-state index contributed by atoms with van der Waals surface area (Å²) in [5.41, 5.74) is 0. The van der Waals surface area contributed by atoms with Gasteiger partial charge in [-0.3, -0.25) is 4.79 Å². The van der Waals surface area contributed by atoms with Crippen molar-refractivity contribution in [1.82, 2.24) is 10.2 Å². The van der Waals surface area contributed by atoms with Crippen molar-refractivity contribution in [3.8, 4) is 6.07 Å². The average Bonchev–Trinajstić information content (AvgIpc) is 2.42. The highest BCUT2D eigenvalue weighted by molar-refractivity contribution is 5.74. The Hall–Kier alpha value is -1.85. The largest absolute Gasteiger partial charge is 0.481 e. The monoisotopic (exact) mass is 271 g/mol. The van der Waals surface area contributed by atoms with Gasteiger partial charge in [0.2, 0.25) is 0 Å². The lowest BCUT2D eigenvalue weighted by Gasteiger charge is -2.30. The molecule has 1 aliphatic heterocycles. The molecule has 2 amide bonds. The number of carboxylic acid groups (broad SMARTS) is 1. The predicted octanol–water partition coefficient (Wildman–Crippen LogP) is -0.590. The first-order chi connectivity index (χ1) is 9.06. The Kier molecular flexibility index (Phi) is 6.05. The molecular formula is C11H17N3O5. The van der Waals surface area contributed by atoms with Crippen LogP contribution in [0.3, 0.4) is 0 Å². The third-order valence-corrected chi connectivity index (χ3v) is 2.71.